The average molecular weight is 560 g/mol. The van der Waals surface area contributed by atoms with Crippen LogP contribution in [0.5, 0.6) is 0 Å². The van der Waals surface area contributed by atoms with Crippen LogP contribution in [0.25, 0.3) is 75.8 Å². The summed E-state index contributed by atoms with van der Waals surface area (Å²) in [4.78, 5) is 13.7. The van der Waals surface area contributed by atoms with Gasteiger partial charge in [0, 0.05) is 50.1 Å². The van der Waals surface area contributed by atoms with E-state index in [1.165, 1.54) is 32.0 Å². The van der Waals surface area contributed by atoms with Crippen molar-refractivity contribution < 1.29 is 0 Å². The van der Waals surface area contributed by atoms with Gasteiger partial charge in [0.2, 0.25) is 0 Å². The van der Waals surface area contributed by atoms with Gasteiger partial charge < -0.3 is 4.98 Å². The van der Waals surface area contributed by atoms with Crippen molar-refractivity contribution in [2.45, 2.75) is 26.2 Å². The molecular weight excluding hydrogens is 531 g/mol. The van der Waals surface area contributed by atoms with Crippen molar-refractivity contribution in [2.75, 3.05) is 0 Å². The predicted octanol–water partition coefficient (Wildman–Crippen LogP) is 10.8. The summed E-state index contributed by atoms with van der Waals surface area (Å²) < 4.78 is 1.18. The van der Waals surface area contributed by atoms with E-state index in [9.17, 15) is 0 Å². The Bertz CT molecular complexity index is 2300. The number of pyridine rings is 1. The predicted molar refractivity (Wildman–Crippen MR) is 179 cm³/mol. The molecule has 0 atom stereocenters. The molecule has 0 unspecified atom stereocenters. The van der Waals surface area contributed by atoms with E-state index in [1.807, 2.05) is 12.3 Å². The number of rotatable bonds is 3. The summed E-state index contributed by atoms with van der Waals surface area (Å²) >= 11 is 1.75. The SMILES string of the molecule is CC(C)(C)c1cc(-c2cccc(-c3nc4c(-c5cccc6c5[nH]c5ccccc56)cccc4s3)c2)c2ncccc2c1. The fraction of sp³-hybridized carbons (Fsp3) is 0.105. The molecule has 0 radical (unpaired) electrons. The third-order valence-electron chi connectivity index (χ3n) is 8.24. The maximum atomic E-state index is 5.26. The molecule has 0 fully saturated rings. The van der Waals surface area contributed by atoms with Crippen LogP contribution in [0.1, 0.15) is 26.3 Å². The summed E-state index contributed by atoms with van der Waals surface area (Å²) in [6, 6.07) is 39.1. The van der Waals surface area contributed by atoms with Crippen molar-refractivity contribution in [3.05, 3.63) is 121 Å². The quantitative estimate of drug-likeness (QED) is 0.234. The molecule has 1 N–H and O–H groups in total. The molecule has 0 spiro atoms. The van der Waals surface area contributed by atoms with E-state index in [-0.39, 0.29) is 5.41 Å². The third-order valence-corrected chi connectivity index (χ3v) is 9.31. The normalized spacial score (nSPS) is 12.2. The van der Waals surface area contributed by atoms with Crippen LogP contribution in [0, 0.1) is 0 Å². The van der Waals surface area contributed by atoms with Gasteiger partial charge in [-0.25, -0.2) is 4.98 Å². The molecule has 0 bridgehead atoms. The van der Waals surface area contributed by atoms with Crippen LogP contribution in [0.15, 0.2) is 115 Å². The third kappa shape index (κ3) is 4.02. The Morgan fingerprint density at radius 3 is 2.33 bits per heavy atom. The summed E-state index contributed by atoms with van der Waals surface area (Å²) in [6.45, 7) is 6.79. The van der Waals surface area contributed by atoms with Gasteiger partial charge >= 0.3 is 0 Å². The minimum absolute atomic E-state index is 0.0354. The Labute approximate surface area is 248 Å². The molecule has 4 heteroatoms. The van der Waals surface area contributed by atoms with E-state index in [2.05, 4.69) is 129 Å². The summed E-state index contributed by atoms with van der Waals surface area (Å²) in [7, 11) is 0. The number of para-hydroxylation sites is 3. The Morgan fingerprint density at radius 1 is 0.643 bits per heavy atom. The fourth-order valence-corrected chi connectivity index (χ4v) is 7.04. The molecule has 0 aliphatic rings. The first-order valence-electron chi connectivity index (χ1n) is 14.3. The van der Waals surface area contributed by atoms with Gasteiger partial charge in [0.25, 0.3) is 0 Å². The first-order chi connectivity index (χ1) is 20.4. The Balaban J connectivity index is 1.28. The number of H-pyrrole nitrogens is 1. The minimum Gasteiger partial charge on any atom is -0.354 e. The van der Waals surface area contributed by atoms with Gasteiger partial charge in [-0.3, -0.25) is 4.98 Å². The molecule has 0 amide bonds. The minimum atomic E-state index is 0.0354. The molecular formula is C38H29N3S. The molecule has 8 aromatic rings. The van der Waals surface area contributed by atoms with Gasteiger partial charge in [-0.15, -0.1) is 11.3 Å². The van der Waals surface area contributed by atoms with E-state index in [0.717, 1.165) is 49.3 Å². The Hall–Kier alpha value is -4.80. The van der Waals surface area contributed by atoms with Crippen LogP contribution in [0.2, 0.25) is 0 Å². The smallest absolute Gasteiger partial charge is 0.124 e. The van der Waals surface area contributed by atoms with E-state index in [1.54, 1.807) is 11.3 Å². The van der Waals surface area contributed by atoms with Crippen molar-refractivity contribution in [3.63, 3.8) is 0 Å². The van der Waals surface area contributed by atoms with Crippen molar-refractivity contribution in [1.82, 2.24) is 15.0 Å². The van der Waals surface area contributed by atoms with Crippen LogP contribution < -0.4 is 0 Å². The second-order valence-electron chi connectivity index (χ2n) is 12.0. The molecule has 0 saturated carbocycles. The zero-order valence-corrected chi connectivity index (χ0v) is 24.6. The van der Waals surface area contributed by atoms with Gasteiger partial charge in [0.15, 0.2) is 0 Å². The van der Waals surface area contributed by atoms with Crippen molar-refractivity contribution in [1.29, 1.82) is 0 Å². The Morgan fingerprint density at radius 2 is 1.43 bits per heavy atom. The van der Waals surface area contributed by atoms with Crippen LogP contribution in [-0.4, -0.2) is 15.0 Å². The molecule has 42 heavy (non-hydrogen) atoms. The number of aromatic nitrogens is 3. The Kier molecular flexibility index (Phi) is 5.56. The lowest BCUT2D eigenvalue weighted by molar-refractivity contribution is 0.591. The van der Waals surface area contributed by atoms with Gasteiger partial charge in [-0.1, -0.05) is 93.6 Å². The van der Waals surface area contributed by atoms with Gasteiger partial charge in [-0.05, 0) is 52.9 Å². The summed E-state index contributed by atoms with van der Waals surface area (Å²) in [5, 5.41) is 4.67. The standard InChI is InChI=1S/C38H29N3S/c1-38(2,3)26-21-24-12-9-19-39-34(24)31(22-26)23-10-6-11-25(20-23)37-41-36-30(16-8-18-33(36)42-37)29-15-7-14-28-27-13-4-5-17-32(27)40-35(28)29/h4-22,40H,1-3H3. The number of nitrogens with one attached hydrogen (secondary N) is 1. The van der Waals surface area contributed by atoms with Crippen LogP contribution >= 0.6 is 11.3 Å². The number of hydrogen-bond donors (Lipinski definition) is 1. The molecule has 202 valence electrons. The van der Waals surface area contributed by atoms with Crippen molar-refractivity contribution >= 4 is 54.3 Å². The van der Waals surface area contributed by atoms with Gasteiger partial charge in [0.1, 0.15) is 5.01 Å². The first kappa shape index (κ1) is 25.0. The number of hydrogen-bond acceptors (Lipinski definition) is 3. The molecule has 3 nitrogen and oxygen atoms in total. The largest absolute Gasteiger partial charge is 0.354 e. The summed E-state index contributed by atoms with van der Waals surface area (Å²) in [6.07, 6.45) is 1.88. The number of aromatic amines is 1. The lowest BCUT2D eigenvalue weighted by Crippen LogP contribution is -2.11. The molecule has 5 aromatic carbocycles. The maximum absolute atomic E-state index is 5.26. The summed E-state index contributed by atoms with van der Waals surface area (Å²) in [5.41, 5.74) is 11.5. The number of nitrogens with zero attached hydrogens (tertiary/aromatic N) is 2. The average Bonchev–Trinajstić information content (AvgIpc) is 3.62. The molecule has 0 saturated heterocycles. The highest BCUT2D eigenvalue weighted by molar-refractivity contribution is 7.21. The van der Waals surface area contributed by atoms with Crippen molar-refractivity contribution in [3.8, 4) is 32.8 Å². The molecule has 0 aliphatic carbocycles. The first-order valence-corrected chi connectivity index (χ1v) is 15.2. The van der Waals surface area contributed by atoms with E-state index < -0.39 is 0 Å². The fourth-order valence-electron chi connectivity index (χ4n) is 6.05. The number of thiazole rings is 1. The van der Waals surface area contributed by atoms with Crippen LogP contribution in [0.3, 0.4) is 0 Å². The molecule has 3 aromatic heterocycles. The zero-order chi connectivity index (χ0) is 28.4. The second kappa shape index (κ2) is 9.37. The lowest BCUT2D eigenvalue weighted by Gasteiger charge is -2.21. The van der Waals surface area contributed by atoms with Crippen LogP contribution in [0.4, 0.5) is 0 Å². The van der Waals surface area contributed by atoms with E-state index in [0.29, 0.717) is 0 Å². The van der Waals surface area contributed by atoms with E-state index >= 15 is 0 Å². The maximum Gasteiger partial charge on any atom is 0.124 e. The van der Waals surface area contributed by atoms with E-state index in [4.69, 9.17) is 9.97 Å². The monoisotopic (exact) mass is 559 g/mol. The highest BCUT2D eigenvalue weighted by atomic mass is 32.1. The van der Waals surface area contributed by atoms with Crippen LogP contribution in [-0.2, 0) is 5.41 Å². The highest BCUT2D eigenvalue weighted by Gasteiger charge is 2.19. The van der Waals surface area contributed by atoms with Gasteiger partial charge in [-0.2, -0.15) is 0 Å². The lowest BCUT2D eigenvalue weighted by atomic mass is 9.84. The molecule has 8 rings (SSSR count). The summed E-state index contributed by atoms with van der Waals surface area (Å²) in [5.74, 6) is 0. The topological polar surface area (TPSA) is 41.6 Å². The zero-order valence-electron chi connectivity index (χ0n) is 23.8. The molecule has 0 aliphatic heterocycles. The number of fused-ring (bicyclic) bond motifs is 5. The van der Waals surface area contributed by atoms with Gasteiger partial charge in [0.05, 0.1) is 21.3 Å². The van der Waals surface area contributed by atoms with Crippen molar-refractivity contribution in [2.24, 2.45) is 0 Å². The number of benzene rings is 5. The molecule has 3 heterocycles. The highest BCUT2D eigenvalue weighted by Crippen LogP contribution is 2.41. The second-order valence-corrected chi connectivity index (χ2v) is 13.0.